The first kappa shape index (κ1) is 13.1. The summed E-state index contributed by atoms with van der Waals surface area (Å²) in [7, 11) is 0. The Labute approximate surface area is 114 Å². The summed E-state index contributed by atoms with van der Waals surface area (Å²) in [4.78, 5) is 13.7. The molecule has 1 saturated heterocycles. The average Bonchev–Trinajstić information content (AvgIpc) is 2.38. The Bertz CT molecular complexity index is 510. The predicted molar refractivity (Wildman–Crippen MR) is 71.7 cm³/mol. The van der Waals surface area contributed by atoms with Gasteiger partial charge in [0.15, 0.2) is 11.9 Å². The Morgan fingerprint density at radius 3 is 3.06 bits per heavy atom. The molecule has 18 heavy (non-hydrogen) atoms. The van der Waals surface area contributed by atoms with Crippen molar-refractivity contribution < 1.29 is 9.53 Å². The highest BCUT2D eigenvalue weighted by Crippen LogP contribution is 2.27. The molecule has 2 rings (SSSR count). The summed E-state index contributed by atoms with van der Waals surface area (Å²) in [5.41, 5.74) is 1.54. The molecule has 0 aromatic heterocycles. The van der Waals surface area contributed by atoms with Crippen LogP contribution in [0.2, 0.25) is 0 Å². The van der Waals surface area contributed by atoms with Gasteiger partial charge in [0.05, 0.1) is 19.2 Å². The van der Waals surface area contributed by atoms with E-state index in [4.69, 9.17) is 10.00 Å². The molecule has 1 aliphatic rings. The van der Waals surface area contributed by atoms with Crippen LogP contribution in [0.5, 0.6) is 0 Å². The molecule has 4 nitrogen and oxygen atoms in total. The second-order valence-electron chi connectivity index (χ2n) is 4.15. The van der Waals surface area contributed by atoms with Gasteiger partial charge in [-0.25, -0.2) is 0 Å². The van der Waals surface area contributed by atoms with Gasteiger partial charge in [-0.1, -0.05) is 15.9 Å². The van der Waals surface area contributed by atoms with Crippen LogP contribution < -0.4 is 4.90 Å². The Morgan fingerprint density at radius 2 is 2.39 bits per heavy atom. The van der Waals surface area contributed by atoms with Crippen molar-refractivity contribution >= 4 is 27.4 Å². The van der Waals surface area contributed by atoms with Crippen molar-refractivity contribution in [1.29, 1.82) is 5.26 Å². The number of nitrogens with zero attached hydrogens (tertiary/aromatic N) is 2. The van der Waals surface area contributed by atoms with Crippen molar-refractivity contribution in [2.24, 2.45) is 0 Å². The van der Waals surface area contributed by atoms with E-state index in [0.717, 1.165) is 10.2 Å². The van der Waals surface area contributed by atoms with Gasteiger partial charge in [0.2, 0.25) is 0 Å². The minimum Gasteiger partial charge on any atom is -0.365 e. The number of hydrogen-bond acceptors (Lipinski definition) is 4. The summed E-state index contributed by atoms with van der Waals surface area (Å²) < 4.78 is 6.23. The lowest BCUT2D eigenvalue weighted by Crippen LogP contribution is -2.42. The fourth-order valence-electron chi connectivity index (χ4n) is 2.01. The maximum absolute atomic E-state index is 11.6. The van der Waals surface area contributed by atoms with Gasteiger partial charge in [-0.3, -0.25) is 4.79 Å². The van der Waals surface area contributed by atoms with Gasteiger partial charge in [0, 0.05) is 22.3 Å². The third-order valence-corrected chi connectivity index (χ3v) is 3.38. The van der Waals surface area contributed by atoms with Gasteiger partial charge in [0.1, 0.15) is 0 Å². The molecule has 94 valence electrons. The van der Waals surface area contributed by atoms with Crippen LogP contribution in [0, 0.1) is 11.3 Å². The molecule has 0 saturated carbocycles. The lowest BCUT2D eigenvalue weighted by Gasteiger charge is -2.32. The zero-order valence-corrected chi connectivity index (χ0v) is 11.6. The molecular formula is C13H13BrN2O2. The molecule has 0 N–H and O–H groups in total. The van der Waals surface area contributed by atoms with Crippen molar-refractivity contribution in [2.75, 3.05) is 24.6 Å². The fraction of sp³-hybridized carbons (Fsp3) is 0.385. The van der Waals surface area contributed by atoms with Gasteiger partial charge >= 0.3 is 0 Å². The minimum absolute atomic E-state index is 0.0255. The number of benzene rings is 1. The molecule has 1 fully saturated rings. The standard InChI is InChI=1S/C13H13BrN2O2/c1-9(17)12-3-2-10(14)6-13(12)16-4-5-18-11(7-15)8-16/h2-3,6,11H,4-5,8H2,1H3. The lowest BCUT2D eigenvalue weighted by molar-refractivity contribution is 0.0762. The van der Waals surface area contributed by atoms with E-state index in [2.05, 4.69) is 22.0 Å². The highest BCUT2D eigenvalue weighted by Gasteiger charge is 2.23. The van der Waals surface area contributed by atoms with Crippen LogP contribution in [-0.4, -0.2) is 31.6 Å². The van der Waals surface area contributed by atoms with Crippen molar-refractivity contribution in [1.82, 2.24) is 0 Å². The van der Waals surface area contributed by atoms with Crippen LogP contribution in [0.4, 0.5) is 5.69 Å². The Kier molecular flexibility index (Phi) is 4.00. The van der Waals surface area contributed by atoms with Crippen molar-refractivity contribution in [3.63, 3.8) is 0 Å². The van der Waals surface area contributed by atoms with E-state index in [9.17, 15) is 4.79 Å². The van der Waals surface area contributed by atoms with Crippen LogP contribution in [0.3, 0.4) is 0 Å². The maximum atomic E-state index is 11.6. The molecular weight excluding hydrogens is 296 g/mol. The molecule has 1 atom stereocenters. The summed E-state index contributed by atoms with van der Waals surface area (Å²) in [6, 6.07) is 7.67. The van der Waals surface area contributed by atoms with Gasteiger partial charge in [-0.05, 0) is 25.1 Å². The van der Waals surface area contributed by atoms with Crippen molar-refractivity contribution in [3.05, 3.63) is 28.2 Å². The number of carbonyl (C=O) groups excluding carboxylic acids is 1. The van der Waals surface area contributed by atoms with E-state index < -0.39 is 6.10 Å². The Morgan fingerprint density at radius 1 is 1.61 bits per heavy atom. The van der Waals surface area contributed by atoms with Crippen LogP contribution in [0.15, 0.2) is 22.7 Å². The Balaban J connectivity index is 2.34. The van der Waals surface area contributed by atoms with Gasteiger partial charge < -0.3 is 9.64 Å². The number of halogens is 1. The van der Waals surface area contributed by atoms with Gasteiger partial charge in [-0.2, -0.15) is 5.26 Å². The van der Waals surface area contributed by atoms with Gasteiger partial charge in [0.25, 0.3) is 0 Å². The topological polar surface area (TPSA) is 53.3 Å². The number of anilines is 1. The second kappa shape index (κ2) is 5.51. The number of ketones is 1. The van der Waals surface area contributed by atoms with E-state index in [0.29, 0.717) is 25.3 Å². The molecule has 1 aromatic rings. The number of carbonyl (C=O) groups is 1. The third-order valence-electron chi connectivity index (χ3n) is 2.89. The molecule has 0 spiro atoms. The molecule has 1 heterocycles. The molecule has 0 amide bonds. The highest BCUT2D eigenvalue weighted by atomic mass is 79.9. The molecule has 1 aliphatic heterocycles. The van der Waals surface area contributed by atoms with Crippen LogP contribution in [-0.2, 0) is 4.74 Å². The summed E-state index contributed by atoms with van der Waals surface area (Å²) in [6.07, 6.45) is -0.433. The molecule has 0 bridgehead atoms. The highest BCUT2D eigenvalue weighted by molar-refractivity contribution is 9.10. The van der Waals surface area contributed by atoms with E-state index in [1.165, 1.54) is 0 Å². The van der Waals surface area contributed by atoms with Crippen LogP contribution in [0.25, 0.3) is 0 Å². The number of nitriles is 1. The summed E-state index contributed by atoms with van der Waals surface area (Å²) in [5.74, 6) is 0.0255. The average molecular weight is 309 g/mol. The maximum Gasteiger partial charge on any atom is 0.161 e. The lowest BCUT2D eigenvalue weighted by atomic mass is 10.1. The first-order chi connectivity index (χ1) is 8.61. The quantitative estimate of drug-likeness (QED) is 0.787. The molecule has 1 aromatic carbocycles. The van der Waals surface area contributed by atoms with E-state index in [1.54, 1.807) is 13.0 Å². The van der Waals surface area contributed by atoms with Crippen molar-refractivity contribution in [2.45, 2.75) is 13.0 Å². The largest absolute Gasteiger partial charge is 0.365 e. The molecule has 0 aliphatic carbocycles. The van der Waals surface area contributed by atoms with E-state index in [-0.39, 0.29) is 5.78 Å². The first-order valence-corrected chi connectivity index (χ1v) is 6.48. The normalized spacial score (nSPS) is 19.4. The second-order valence-corrected chi connectivity index (χ2v) is 5.07. The number of ether oxygens (including phenoxy) is 1. The first-order valence-electron chi connectivity index (χ1n) is 5.68. The monoisotopic (exact) mass is 308 g/mol. The molecule has 0 radical (unpaired) electrons. The van der Waals surface area contributed by atoms with Crippen LogP contribution >= 0.6 is 15.9 Å². The van der Waals surface area contributed by atoms with Crippen LogP contribution in [0.1, 0.15) is 17.3 Å². The third kappa shape index (κ3) is 2.71. The number of morpholine rings is 1. The smallest absolute Gasteiger partial charge is 0.161 e. The van der Waals surface area contributed by atoms with Crippen molar-refractivity contribution in [3.8, 4) is 6.07 Å². The number of Topliss-reactive ketones (excluding diaryl/α,β-unsaturated/α-hetero) is 1. The summed E-state index contributed by atoms with van der Waals surface area (Å²) in [6.45, 7) is 3.24. The SMILES string of the molecule is CC(=O)c1ccc(Br)cc1N1CCOC(C#N)C1. The summed E-state index contributed by atoms with van der Waals surface area (Å²) >= 11 is 3.41. The zero-order valence-electron chi connectivity index (χ0n) is 10.0. The number of hydrogen-bond donors (Lipinski definition) is 0. The van der Waals surface area contributed by atoms with E-state index in [1.807, 2.05) is 17.0 Å². The van der Waals surface area contributed by atoms with Gasteiger partial charge in [-0.15, -0.1) is 0 Å². The molecule has 5 heteroatoms. The predicted octanol–water partition coefficient (Wildman–Crippen LogP) is 2.38. The number of rotatable bonds is 2. The summed E-state index contributed by atoms with van der Waals surface area (Å²) in [5, 5.41) is 8.91. The fourth-order valence-corrected chi connectivity index (χ4v) is 2.36. The zero-order chi connectivity index (χ0) is 13.1. The minimum atomic E-state index is -0.433. The van der Waals surface area contributed by atoms with E-state index >= 15 is 0 Å². The molecule has 1 unspecified atom stereocenters. The Hall–Kier alpha value is -1.38.